The Morgan fingerprint density at radius 3 is 2.00 bits per heavy atom. The minimum absolute atomic E-state index is 0.690. The summed E-state index contributed by atoms with van der Waals surface area (Å²) < 4.78 is 23.1. The molecular weight excluding hydrogens is 212 g/mol. The van der Waals surface area contributed by atoms with E-state index in [0.717, 1.165) is 19.1 Å². The lowest BCUT2D eigenvalue weighted by molar-refractivity contribution is 0.112. The van der Waals surface area contributed by atoms with Crippen LogP contribution in [0.4, 0.5) is 0 Å². The van der Waals surface area contributed by atoms with Crippen molar-refractivity contribution in [1.82, 2.24) is 9.21 Å². The zero-order chi connectivity index (χ0) is 10.7. The second-order valence-corrected chi connectivity index (χ2v) is 5.56. The highest BCUT2D eigenvalue weighted by molar-refractivity contribution is 7.69. The van der Waals surface area contributed by atoms with Gasteiger partial charge in [-0.1, -0.05) is 19.3 Å². The van der Waals surface area contributed by atoms with Crippen molar-refractivity contribution in [2.75, 3.05) is 26.2 Å². The molecule has 1 aliphatic heterocycles. The quantitative estimate of drug-likeness (QED) is 0.703. The van der Waals surface area contributed by atoms with Crippen molar-refractivity contribution in [1.29, 1.82) is 0 Å². The fourth-order valence-electron chi connectivity index (χ4n) is 2.69. The molecule has 0 unspecified atom stereocenters. The first-order valence-corrected chi connectivity index (χ1v) is 7.04. The van der Waals surface area contributed by atoms with Gasteiger partial charge in [-0.2, -0.15) is 0 Å². The van der Waals surface area contributed by atoms with Crippen LogP contribution in [0.5, 0.6) is 0 Å². The second kappa shape index (κ2) is 5.27. The van der Waals surface area contributed by atoms with E-state index in [1.54, 1.807) is 4.31 Å². The molecule has 2 rings (SSSR count). The van der Waals surface area contributed by atoms with Crippen molar-refractivity contribution in [3.05, 3.63) is 0 Å². The summed E-state index contributed by atoms with van der Waals surface area (Å²) >= 11 is 0. The summed E-state index contributed by atoms with van der Waals surface area (Å²) in [7, 11) is -2.35. The molecule has 0 aromatic rings. The zero-order valence-electron chi connectivity index (χ0n) is 9.10. The monoisotopic (exact) mass is 232 g/mol. The Kier molecular flexibility index (Phi) is 3.99. The Balaban J connectivity index is 1.81. The molecule has 0 aromatic carbocycles. The second-order valence-electron chi connectivity index (χ2n) is 4.52. The van der Waals surface area contributed by atoms with E-state index in [0.29, 0.717) is 13.1 Å². The van der Waals surface area contributed by atoms with Gasteiger partial charge in [0, 0.05) is 32.2 Å². The molecule has 1 aliphatic carbocycles. The van der Waals surface area contributed by atoms with E-state index >= 15 is 0 Å². The van der Waals surface area contributed by atoms with Crippen LogP contribution in [-0.2, 0) is 10.9 Å². The maximum atomic E-state index is 10.8. The van der Waals surface area contributed by atoms with Crippen LogP contribution in [0.25, 0.3) is 0 Å². The average molecular weight is 232 g/mol. The molecule has 2 fully saturated rings. The molecule has 0 radical (unpaired) electrons. The highest BCUT2D eigenvalue weighted by atomic mass is 32.2. The minimum atomic E-state index is -2.35. The normalized spacial score (nSPS) is 27.3. The molecule has 0 spiro atoms. The van der Waals surface area contributed by atoms with Crippen LogP contribution >= 0.6 is 0 Å². The van der Waals surface area contributed by atoms with Gasteiger partial charge in [0.25, 0.3) is 0 Å². The van der Waals surface area contributed by atoms with Gasteiger partial charge in [-0.25, -0.2) is 12.7 Å². The van der Waals surface area contributed by atoms with Crippen LogP contribution in [0.15, 0.2) is 0 Å². The van der Waals surface area contributed by atoms with Crippen molar-refractivity contribution in [2.45, 2.75) is 38.1 Å². The van der Waals surface area contributed by atoms with Gasteiger partial charge in [-0.05, 0) is 12.8 Å². The number of nitrogens with zero attached hydrogens (tertiary/aromatic N) is 2. The highest BCUT2D eigenvalue weighted by Crippen LogP contribution is 2.23. The SMILES string of the molecule is O=[SH](=O)N1CCN(C2CCCCC2)CC1. The largest absolute Gasteiger partial charge is 0.298 e. The van der Waals surface area contributed by atoms with Crippen molar-refractivity contribution < 1.29 is 8.42 Å². The molecule has 5 heteroatoms. The van der Waals surface area contributed by atoms with Gasteiger partial charge in [-0.3, -0.25) is 4.90 Å². The van der Waals surface area contributed by atoms with Crippen LogP contribution in [0.3, 0.4) is 0 Å². The van der Waals surface area contributed by atoms with Gasteiger partial charge in [0.05, 0.1) is 0 Å². The van der Waals surface area contributed by atoms with Gasteiger partial charge in [0.1, 0.15) is 0 Å². The Morgan fingerprint density at radius 1 is 0.867 bits per heavy atom. The van der Waals surface area contributed by atoms with Gasteiger partial charge in [0.2, 0.25) is 10.9 Å². The topological polar surface area (TPSA) is 40.6 Å². The first-order chi connectivity index (χ1) is 7.27. The highest BCUT2D eigenvalue weighted by Gasteiger charge is 2.25. The molecule has 15 heavy (non-hydrogen) atoms. The van der Waals surface area contributed by atoms with E-state index in [4.69, 9.17) is 0 Å². The molecule has 1 saturated carbocycles. The first-order valence-electron chi connectivity index (χ1n) is 5.90. The maximum Gasteiger partial charge on any atom is 0.204 e. The van der Waals surface area contributed by atoms with Crippen molar-refractivity contribution in [2.24, 2.45) is 0 Å². The van der Waals surface area contributed by atoms with Crippen LogP contribution in [0.2, 0.25) is 0 Å². The summed E-state index contributed by atoms with van der Waals surface area (Å²) in [5.74, 6) is 0. The fraction of sp³-hybridized carbons (Fsp3) is 1.00. The lowest BCUT2D eigenvalue weighted by Gasteiger charge is -2.38. The molecule has 0 bridgehead atoms. The minimum Gasteiger partial charge on any atom is -0.298 e. The summed E-state index contributed by atoms with van der Waals surface area (Å²) in [4.78, 5) is 2.48. The van der Waals surface area contributed by atoms with Crippen LogP contribution in [0.1, 0.15) is 32.1 Å². The van der Waals surface area contributed by atoms with E-state index < -0.39 is 10.9 Å². The summed E-state index contributed by atoms with van der Waals surface area (Å²) in [6, 6.07) is 0.727. The van der Waals surface area contributed by atoms with Crippen molar-refractivity contribution in [3.63, 3.8) is 0 Å². The van der Waals surface area contributed by atoms with Gasteiger partial charge < -0.3 is 0 Å². The van der Waals surface area contributed by atoms with E-state index in [2.05, 4.69) is 4.90 Å². The van der Waals surface area contributed by atoms with E-state index in [1.807, 2.05) is 0 Å². The van der Waals surface area contributed by atoms with Gasteiger partial charge >= 0.3 is 0 Å². The first kappa shape index (κ1) is 11.4. The molecule has 88 valence electrons. The average Bonchev–Trinajstić information content (AvgIpc) is 2.30. The lowest BCUT2D eigenvalue weighted by Crippen LogP contribution is -2.50. The number of hydrogen-bond donors (Lipinski definition) is 1. The Morgan fingerprint density at radius 2 is 1.47 bits per heavy atom. The zero-order valence-corrected chi connectivity index (χ0v) is 9.99. The summed E-state index contributed by atoms with van der Waals surface area (Å²) in [6.07, 6.45) is 6.69. The summed E-state index contributed by atoms with van der Waals surface area (Å²) in [5, 5.41) is 0. The number of hydrogen-bond acceptors (Lipinski definition) is 3. The molecular formula is C10H20N2O2S. The van der Waals surface area contributed by atoms with E-state index in [9.17, 15) is 8.42 Å². The predicted molar refractivity (Wildman–Crippen MR) is 60.3 cm³/mol. The van der Waals surface area contributed by atoms with Crippen LogP contribution < -0.4 is 0 Å². The third-order valence-corrected chi connectivity index (χ3v) is 4.47. The number of piperazine rings is 1. The molecule has 1 saturated heterocycles. The maximum absolute atomic E-state index is 10.8. The molecule has 0 atom stereocenters. The standard InChI is InChI=1S/C10H20N2O2S/c13-15(14)12-8-6-11(7-9-12)10-4-2-1-3-5-10/h10,15H,1-9H2. The number of rotatable bonds is 2. The molecule has 1 heterocycles. The van der Waals surface area contributed by atoms with E-state index in [-0.39, 0.29) is 0 Å². The van der Waals surface area contributed by atoms with Gasteiger partial charge in [0.15, 0.2) is 0 Å². The molecule has 0 N–H and O–H groups in total. The Bertz CT molecular complexity index is 259. The fourth-order valence-corrected chi connectivity index (χ4v) is 3.19. The molecule has 0 amide bonds. The van der Waals surface area contributed by atoms with Crippen molar-refractivity contribution >= 4 is 10.9 Å². The van der Waals surface area contributed by atoms with E-state index in [1.165, 1.54) is 32.1 Å². The predicted octanol–water partition coefficient (Wildman–Crippen LogP) is 0.463. The third kappa shape index (κ3) is 2.92. The molecule has 2 aliphatic rings. The van der Waals surface area contributed by atoms with Crippen LogP contribution in [-0.4, -0.2) is 49.8 Å². The Hall–Kier alpha value is -0.130. The third-order valence-electron chi connectivity index (χ3n) is 3.61. The van der Waals surface area contributed by atoms with Gasteiger partial charge in [-0.15, -0.1) is 0 Å². The number of thiol groups is 1. The molecule has 4 nitrogen and oxygen atoms in total. The van der Waals surface area contributed by atoms with Crippen molar-refractivity contribution in [3.8, 4) is 0 Å². The lowest BCUT2D eigenvalue weighted by atomic mass is 9.94. The molecule has 0 aromatic heterocycles. The smallest absolute Gasteiger partial charge is 0.204 e. The summed E-state index contributed by atoms with van der Waals surface area (Å²) in [5.41, 5.74) is 0. The Labute approximate surface area is 93.3 Å². The summed E-state index contributed by atoms with van der Waals surface area (Å²) in [6.45, 7) is 3.23. The van der Waals surface area contributed by atoms with Crippen LogP contribution in [0, 0.1) is 0 Å².